The Morgan fingerprint density at radius 2 is 2.05 bits per heavy atom. The number of urea groups is 1. The summed E-state index contributed by atoms with van der Waals surface area (Å²) in [5.74, 6) is -2.19. The van der Waals surface area contributed by atoms with Gasteiger partial charge in [-0.15, -0.1) is 0 Å². The summed E-state index contributed by atoms with van der Waals surface area (Å²) in [5, 5.41) is 21.7. The number of nitrogens with one attached hydrogen (secondary N) is 2. The van der Waals surface area contributed by atoms with Crippen molar-refractivity contribution in [1.29, 1.82) is 0 Å². The molecule has 0 radical (unpaired) electrons. The average Bonchev–Trinajstić information content (AvgIpc) is 2.35. The Morgan fingerprint density at radius 3 is 2.60 bits per heavy atom. The monoisotopic (exact) mass is 282 g/mol. The van der Waals surface area contributed by atoms with Gasteiger partial charge in [0.25, 0.3) is 0 Å². The summed E-state index contributed by atoms with van der Waals surface area (Å²) in [5.41, 5.74) is 0.553. The number of nitrogens with zero attached hydrogens (tertiary/aromatic N) is 2. The molecule has 9 nitrogen and oxygen atoms in total. The molecule has 0 fully saturated rings. The third kappa shape index (κ3) is 5.29. The number of amides is 2. The van der Waals surface area contributed by atoms with Crippen LogP contribution in [0.2, 0.25) is 0 Å². The molecule has 0 saturated heterocycles. The normalized spacial score (nSPS) is 11.4. The van der Waals surface area contributed by atoms with Gasteiger partial charge in [-0.3, -0.25) is 4.79 Å². The van der Waals surface area contributed by atoms with Gasteiger partial charge in [0.15, 0.2) is 0 Å². The van der Waals surface area contributed by atoms with Crippen LogP contribution in [0.15, 0.2) is 12.3 Å². The summed E-state index contributed by atoms with van der Waals surface area (Å²) in [4.78, 5) is 40.6. The van der Waals surface area contributed by atoms with Crippen LogP contribution in [0.5, 0.6) is 0 Å². The Kier molecular flexibility index (Phi) is 5.39. The van der Waals surface area contributed by atoms with Gasteiger partial charge in [-0.25, -0.2) is 19.6 Å². The van der Waals surface area contributed by atoms with E-state index in [4.69, 9.17) is 10.2 Å². The third-order valence-electron chi connectivity index (χ3n) is 2.25. The Hall–Kier alpha value is -2.71. The minimum Gasteiger partial charge on any atom is -0.481 e. The number of aliphatic carboxylic acids is 2. The largest absolute Gasteiger partial charge is 0.481 e. The van der Waals surface area contributed by atoms with Crippen molar-refractivity contribution in [2.45, 2.75) is 25.9 Å². The number of carbonyl (C=O) groups excluding carboxylic acids is 1. The van der Waals surface area contributed by atoms with Crippen LogP contribution in [0.1, 0.15) is 17.9 Å². The molecule has 1 heterocycles. The zero-order chi connectivity index (χ0) is 15.1. The summed E-state index contributed by atoms with van der Waals surface area (Å²) in [6.45, 7) is 1.77. The number of carboxylic acid groups (broad SMARTS) is 2. The topological polar surface area (TPSA) is 142 Å². The molecule has 0 aromatic carbocycles. The molecular weight excluding hydrogens is 268 g/mol. The highest BCUT2D eigenvalue weighted by atomic mass is 16.4. The number of carbonyl (C=O) groups is 3. The van der Waals surface area contributed by atoms with Crippen molar-refractivity contribution >= 4 is 18.0 Å². The average molecular weight is 282 g/mol. The molecule has 108 valence electrons. The van der Waals surface area contributed by atoms with E-state index in [1.165, 1.54) is 6.20 Å². The predicted molar refractivity (Wildman–Crippen MR) is 65.8 cm³/mol. The second-order valence-electron chi connectivity index (χ2n) is 3.91. The Balaban J connectivity index is 2.49. The number of rotatable bonds is 6. The van der Waals surface area contributed by atoms with E-state index in [0.717, 1.165) is 0 Å². The third-order valence-corrected chi connectivity index (χ3v) is 2.25. The second-order valence-corrected chi connectivity index (χ2v) is 3.91. The first kappa shape index (κ1) is 15.3. The molecule has 0 aliphatic heterocycles. The van der Waals surface area contributed by atoms with E-state index in [9.17, 15) is 14.4 Å². The highest BCUT2D eigenvalue weighted by molar-refractivity contribution is 5.86. The molecule has 1 atom stereocenters. The van der Waals surface area contributed by atoms with Crippen molar-refractivity contribution in [3.8, 4) is 0 Å². The summed E-state index contributed by atoms with van der Waals surface area (Å²) in [7, 11) is 0. The summed E-state index contributed by atoms with van der Waals surface area (Å²) in [6.07, 6.45) is 0.830. The van der Waals surface area contributed by atoms with Crippen LogP contribution in [-0.4, -0.2) is 44.2 Å². The van der Waals surface area contributed by atoms with Crippen molar-refractivity contribution in [1.82, 2.24) is 20.6 Å². The van der Waals surface area contributed by atoms with Gasteiger partial charge in [0, 0.05) is 6.20 Å². The lowest BCUT2D eigenvalue weighted by molar-refractivity contribution is -0.145. The molecule has 1 rings (SSSR count). The van der Waals surface area contributed by atoms with Crippen LogP contribution < -0.4 is 10.6 Å². The van der Waals surface area contributed by atoms with Gasteiger partial charge in [-0.05, 0) is 13.0 Å². The van der Waals surface area contributed by atoms with Crippen LogP contribution in [0.25, 0.3) is 0 Å². The van der Waals surface area contributed by atoms with Gasteiger partial charge in [0.1, 0.15) is 11.9 Å². The highest BCUT2D eigenvalue weighted by Crippen LogP contribution is 1.95. The van der Waals surface area contributed by atoms with Gasteiger partial charge in [0.2, 0.25) is 0 Å². The van der Waals surface area contributed by atoms with Crippen molar-refractivity contribution in [3.05, 3.63) is 23.8 Å². The molecule has 1 aromatic rings. The molecule has 0 aliphatic carbocycles. The summed E-state index contributed by atoms with van der Waals surface area (Å²) in [6, 6.07) is -0.672. The zero-order valence-electron chi connectivity index (χ0n) is 10.7. The fourth-order valence-electron chi connectivity index (χ4n) is 1.36. The van der Waals surface area contributed by atoms with Crippen LogP contribution in [0, 0.1) is 6.92 Å². The van der Waals surface area contributed by atoms with Crippen molar-refractivity contribution in [2.75, 3.05) is 0 Å². The maximum absolute atomic E-state index is 11.5. The maximum atomic E-state index is 11.5. The van der Waals surface area contributed by atoms with Crippen LogP contribution in [-0.2, 0) is 16.1 Å². The molecule has 0 aliphatic rings. The van der Waals surface area contributed by atoms with E-state index in [0.29, 0.717) is 11.5 Å². The lowest BCUT2D eigenvalue weighted by atomic mass is 10.2. The van der Waals surface area contributed by atoms with Crippen LogP contribution >= 0.6 is 0 Å². The molecule has 20 heavy (non-hydrogen) atoms. The van der Waals surface area contributed by atoms with Gasteiger partial charge in [-0.1, -0.05) is 0 Å². The lowest BCUT2D eigenvalue weighted by Crippen LogP contribution is -2.46. The minimum atomic E-state index is -1.49. The number of carboxylic acids is 2. The molecule has 0 saturated carbocycles. The maximum Gasteiger partial charge on any atom is 0.326 e. The first-order chi connectivity index (χ1) is 9.38. The Labute approximate surface area is 114 Å². The fourth-order valence-corrected chi connectivity index (χ4v) is 1.36. The van der Waals surface area contributed by atoms with E-state index >= 15 is 0 Å². The molecule has 2 amide bonds. The Morgan fingerprint density at radius 1 is 1.35 bits per heavy atom. The molecule has 0 bridgehead atoms. The summed E-state index contributed by atoms with van der Waals surface area (Å²) < 4.78 is 0. The second kappa shape index (κ2) is 7.02. The molecular formula is C11H14N4O5. The molecule has 0 spiro atoms. The van der Waals surface area contributed by atoms with Crippen molar-refractivity contribution < 1.29 is 24.6 Å². The smallest absolute Gasteiger partial charge is 0.326 e. The Bertz CT molecular complexity index is 519. The highest BCUT2D eigenvalue weighted by Gasteiger charge is 2.22. The lowest BCUT2D eigenvalue weighted by Gasteiger charge is -2.13. The number of aromatic nitrogens is 2. The molecule has 9 heteroatoms. The van der Waals surface area contributed by atoms with Gasteiger partial charge in [-0.2, -0.15) is 0 Å². The summed E-state index contributed by atoms with van der Waals surface area (Å²) >= 11 is 0. The van der Waals surface area contributed by atoms with E-state index in [-0.39, 0.29) is 6.54 Å². The molecule has 1 aromatic heterocycles. The van der Waals surface area contributed by atoms with E-state index in [2.05, 4.69) is 20.6 Å². The zero-order valence-corrected chi connectivity index (χ0v) is 10.7. The van der Waals surface area contributed by atoms with Crippen LogP contribution in [0.4, 0.5) is 4.79 Å². The first-order valence-corrected chi connectivity index (χ1v) is 5.66. The quantitative estimate of drug-likeness (QED) is 0.551. The standard InChI is InChI=1S/C11H14N4O5/c1-6-12-3-2-7(14-6)5-13-11(20)15-8(10(18)19)4-9(16)17/h2-3,8H,4-5H2,1H3,(H,16,17)(H,18,19)(H2,13,15,20)/t8-/m1/s1. The first-order valence-electron chi connectivity index (χ1n) is 5.66. The SMILES string of the molecule is Cc1nccc(CNC(=O)N[C@H](CC(=O)O)C(=O)O)n1. The predicted octanol–water partition coefficient (Wildman–Crippen LogP) is -0.488. The van der Waals surface area contributed by atoms with E-state index < -0.39 is 30.4 Å². The van der Waals surface area contributed by atoms with Gasteiger partial charge in [0.05, 0.1) is 18.7 Å². The fraction of sp³-hybridized carbons (Fsp3) is 0.364. The van der Waals surface area contributed by atoms with Crippen molar-refractivity contribution in [3.63, 3.8) is 0 Å². The van der Waals surface area contributed by atoms with Crippen molar-refractivity contribution in [2.24, 2.45) is 0 Å². The molecule has 4 N–H and O–H groups in total. The van der Waals surface area contributed by atoms with Gasteiger partial charge < -0.3 is 20.8 Å². The molecule has 0 unspecified atom stereocenters. The number of hydrogen-bond acceptors (Lipinski definition) is 5. The van der Waals surface area contributed by atoms with E-state index in [1.54, 1.807) is 13.0 Å². The van der Waals surface area contributed by atoms with Gasteiger partial charge >= 0.3 is 18.0 Å². The van der Waals surface area contributed by atoms with E-state index in [1.807, 2.05) is 0 Å². The number of hydrogen-bond donors (Lipinski definition) is 4. The minimum absolute atomic E-state index is 0.0780. The number of aryl methyl sites for hydroxylation is 1. The van der Waals surface area contributed by atoms with Crippen LogP contribution in [0.3, 0.4) is 0 Å².